The van der Waals surface area contributed by atoms with Gasteiger partial charge in [-0.05, 0) is 38.1 Å². The van der Waals surface area contributed by atoms with E-state index in [1.54, 1.807) is 26.0 Å². The van der Waals surface area contributed by atoms with E-state index in [2.05, 4.69) is 21.2 Å². The second-order valence-corrected chi connectivity index (χ2v) is 5.30. The van der Waals surface area contributed by atoms with Crippen LogP contribution < -0.4 is 5.32 Å². The second kappa shape index (κ2) is 5.75. The Morgan fingerprint density at radius 3 is 2.40 bits per heavy atom. The molecule has 0 saturated carbocycles. The Balaban J connectivity index is 2.20. The van der Waals surface area contributed by atoms with Gasteiger partial charge >= 0.3 is 0 Å². The normalized spacial score (nSPS) is 12.2. The Labute approximate surface area is 123 Å². The molecule has 0 radical (unpaired) electrons. The third kappa shape index (κ3) is 3.07. The molecule has 1 amide bonds. The van der Waals surface area contributed by atoms with Gasteiger partial charge in [-0.15, -0.1) is 0 Å². The standard InChI is InChI=1S/C14H12BrF2NO2/c1-7-3-4-12(20-7)8(2)18-14(19)13-10(16)5-9(15)6-11(13)17/h3-6,8H,1-2H3,(H,18,19). The molecule has 3 nitrogen and oxygen atoms in total. The average Bonchev–Trinajstić information content (AvgIpc) is 2.74. The van der Waals surface area contributed by atoms with Crippen LogP contribution in [-0.4, -0.2) is 5.91 Å². The molecule has 0 saturated heterocycles. The van der Waals surface area contributed by atoms with Crippen molar-refractivity contribution in [1.82, 2.24) is 5.32 Å². The van der Waals surface area contributed by atoms with Crippen molar-refractivity contribution in [2.45, 2.75) is 19.9 Å². The Hall–Kier alpha value is -1.69. The number of amides is 1. The lowest BCUT2D eigenvalue weighted by Crippen LogP contribution is -2.28. The number of nitrogens with one attached hydrogen (secondary N) is 1. The van der Waals surface area contributed by atoms with Crippen LogP contribution in [0.3, 0.4) is 0 Å². The number of halogens is 3. The summed E-state index contributed by atoms with van der Waals surface area (Å²) in [6.07, 6.45) is 0. The van der Waals surface area contributed by atoms with E-state index < -0.39 is 29.1 Å². The monoisotopic (exact) mass is 343 g/mol. The number of carbonyl (C=O) groups excluding carboxylic acids is 1. The van der Waals surface area contributed by atoms with E-state index in [1.165, 1.54) is 0 Å². The highest BCUT2D eigenvalue weighted by Crippen LogP contribution is 2.21. The highest BCUT2D eigenvalue weighted by molar-refractivity contribution is 9.10. The van der Waals surface area contributed by atoms with Gasteiger partial charge in [-0.2, -0.15) is 0 Å². The number of hydrogen-bond donors (Lipinski definition) is 1. The molecular weight excluding hydrogens is 332 g/mol. The van der Waals surface area contributed by atoms with Gasteiger partial charge in [0.2, 0.25) is 0 Å². The Bertz CT molecular complexity index is 631. The number of hydrogen-bond acceptors (Lipinski definition) is 2. The summed E-state index contributed by atoms with van der Waals surface area (Å²) < 4.78 is 32.9. The lowest BCUT2D eigenvalue weighted by Gasteiger charge is -2.12. The zero-order valence-electron chi connectivity index (χ0n) is 10.8. The van der Waals surface area contributed by atoms with Crippen molar-refractivity contribution in [3.63, 3.8) is 0 Å². The van der Waals surface area contributed by atoms with Crippen molar-refractivity contribution in [2.24, 2.45) is 0 Å². The maximum absolute atomic E-state index is 13.7. The van der Waals surface area contributed by atoms with Crippen LogP contribution in [0, 0.1) is 18.6 Å². The molecule has 0 aliphatic heterocycles. The zero-order chi connectivity index (χ0) is 14.9. The molecule has 1 atom stereocenters. The van der Waals surface area contributed by atoms with E-state index in [9.17, 15) is 13.6 Å². The van der Waals surface area contributed by atoms with E-state index in [0.29, 0.717) is 11.5 Å². The Morgan fingerprint density at radius 2 is 1.90 bits per heavy atom. The van der Waals surface area contributed by atoms with Crippen LogP contribution in [0.2, 0.25) is 0 Å². The fourth-order valence-corrected chi connectivity index (χ4v) is 2.19. The molecule has 20 heavy (non-hydrogen) atoms. The van der Waals surface area contributed by atoms with Gasteiger partial charge in [0.25, 0.3) is 5.91 Å². The number of carbonyl (C=O) groups is 1. The van der Waals surface area contributed by atoms with E-state index in [4.69, 9.17) is 4.42 Å². The summed E-state index contributed by atoms with van der Waals surface area (Å²) in [5.74, 6) is -1.45. The molecule has 0 bridgehead atoms. The van der Waals surface area contributed by atoms with Crippen molar-refractivity contribution in [2.75, 3.05) is 0 Å². The smallest absolute Gasteiger partial charge is 0.257 e. The number of furan rings is 1. The largest absolute Gasteiger partial charge is 0.464 e. The third-order valence-corrected chi connectivity index (χ3v) is 3.23. The van der Waals surface area contributed by atoms with Crippen molar-refractivity contribution in [3.8, 4) is 0 Å². The molecule has 0 aliphatic rings. The minimum atomic E-state index is -0.919. The van der Waals surface area contributed by atoms with E-state index in [1.807, 2.05) is 0 Å². The quantitative estimate of drug-likeness (QED) is 0.910. The summed E-state index contributed by atoms with van der Waals surface area (Å²) in [4.78, 5) is 11.9. The van der Waals surface area contributed by atoms with Crippen LogP contribution in [-0.2, 0) is 0 Å². The Kier molecular flexibility index (Phi) is 4.23. The first kappa shape index (κ1) is 14.7. The summed E-state index contributed by atoms with van der Waals surface area (Å²) in [5, 5.41) is 2.50. The molecular formula is C14H12BrF2NO2. The van der Waals surface area contributed by atoms with Crippen molar-refractivity contribution >= 4 is 21.8 Å². The molecule has 6 heteroatoms. The lowest BCUT2D eigenvalue weighted by atomic mass is 10.1. The van der Waals surface area contributed by atoms with Crippen molar-refractivity contribution in [3.05, 3.63) is 57.5 Å². The number of benzene rings is 1. The predicted octanol–water partition coefficient (Wildman–Crippen LogP) is 4.12. The maximum atomic E-state index is 13.7. The minimum absolute atomic E-state index is 0.235. The first-order chi connectivity index (χ1) is 9.38. The summed E-state index contributed by atoms with van der Waals surface area (Å²) >= 11 is 2.96. The molecule has 1 aromatic heterocycles. The highest BCUT2D eigenvalue weighted by atomic mass is 79.9. The summed E-state index contributed by atoms with van der Waals surface area (Å²) in [6, 6.07) is 5.05. The average molecular weight is 344 g/mol. The van der Waals surface area contributed by atoms with Crippen LogP contribution in [0.15, 0.2) is 33.2 Å². The molecule has 1 heterocycles. The van der Waals surface area contributed by atoms with E-state index in [0.717, 1.165) is 12.1 Å². The van der Waals surface area contributed by atoms with Crippen molar-refractivity contribution in [1.29, 1.82) is 0 Å². The second-order valence-electron chi connectivity index (χ2n) is 4.39. The molecule has 0 fully saturated rings. The molecule has 0 aliphatic carbocycles. The van der Waals surface area contributed by atoms with E-state index >= 15 is 0 Å². The first-order valence-electron chi connectivity index (χ1n) is 5.90. The van der Waals surface area contributed by atoms with Crippen LogP contribution in [0.5, 0.6) is 0 Å². The Morgan fingerprint density at radius 1 is 1.30 bits per heavy atom. The molecule has 1 aromatic carbocycles. The van der Waals surface area contributed by atoms with Crippen LogP contribution in [0.1, 0.15) is 34.8 Å². The summed E-state index contributed by atoms with van der Waals surface area (Å²) in [7, 11) is 0. The fraction of sp³-hybridized carbons (Fsp3) is 0.214. The molecule has 2 aromatic rings. The van der Waals surface area contributed by atoms with Crippen LogP contribution >= 0.6 is 15.9 Å². The third-order valence-electron chi connectivity index (χ3n) is 2.77. The first-order valence-corrected chi connectivity index (χ1v) is 6.69. The van der Waals surface area contributed by atoms with E-state index in [-0.39, 0.29) is 4.47 Å². The molecule has 1 N–H and O–H groups in total. The fourth-order valence-electron chi connectivity index (χ4n) is 1.79. The topological polar surface area (TPSA) is 42.2 Å². The zero-order valence-corrected chi connectivity index (χ0v) is 12.4. The summed E-state index contributed by atoms with van der Waals surface area (Å²) in [5.41, 5.74) is -0.608. The van der Waals surface area contributed by atoms with Crippen LogP contribution in [0.4, 0.5) is 8.78 Å². The minimum Gasteiger partial charge on any atom is -0.464 e. The lowest BCUT2D eigenvalue weighted by molar-refractivity contribution is 0.0926. The molecule has 0 spiro atoms. The van der Waals surface area contributed by atoms with Crippen LogP contribution in [0.25, 0.3) is 0 Å². The SMILES string of the molecule is Cc1ccc(C(C)NC(=O)c2c(F)cc(Br)cc2F)o1. The molecule has 1 unspecified atom stereocenters. The number of aryl methyl sites for hydroxylation is 1. The van der Waals surface area contributed by atoms with Gasteiger partial charge < -0.3 is 9.73 Å². The van der Waals surface area contributed by atoms with Gasteiger partial charge in [0.1, 0.15) is 28.7 Å². The number of rotatable bonds is 3. The molecule has 2 rings (SSSR count). The van der Waals surface area contributed by atoms with Gasteiger partial charge in [-0.1, -0.05) is 15.9 Å². The van der Waals surface area contributed by atoms with Gasteiger partial charge in [-0.25, -0.2) is 8.78 Å². The predicted molar refractivity (Wildman–Crippen MR) is 73.4 cm³/mol. The van der Waals surface area contributed by atoms with Gasteiger partial charge in [0.05, 0.1) is 6.04 Å². The van der Waals surface area contributed by atoms with Crippen molar-refractivity contribution < 1.29 is 18.0 Å². The summed E-state index contributed by atoms with van der Waals surface area (Å²) in [6.45, 7) is 3.44. The van der Waals surface area contributed by atoms with Gasteiger partial charge in [-0.3, -0.25) is 4.79 Å². The maximum Gasteiger partial charge on any atom is 0.257 e. The van der Waals surface area contributed by atoms with Gasteiger partial charge in [0.15, 0.2) is 0 Å². The van der Waals surface area contributed by atoms with Gasteiger partial charge in [0, 0.05) is 4.47 Å². The molecule has 106 valence electrons. The highest BCUT2D eigenvalue weighted by Gasteiger charge is 2.21.